The number of hydrogen-bond acceptors (Lipinski definition) is 7. The topological polar surface area (TPSA) is 115 Å². The van der Waals surface area contributed by atoms with Gasteiger partial charge in [-0.2, -0.15) is 0 Å². The smallest absolute Gasteiger partial charge is 0.223 e. The summed E-state index contributed by atoms with van der Waals surface area (Å²) in [5.41, 5.74) is 9.27. The molecule has 0 aromatic heterocycles. The Kier molecular flexibility index (Phi) is 16.2. The lowest BCUT2D eigenvalue weighted by Crippen LogP contribution is -2.49. The third-order valence-electron chi connectivity index (χ3n) is 7.74. The molecule has 0 saturated heterocycles. The van der Waals surface area contributed by atoms with E-state index in [2.05, 4.69) is 24.5 Å². The van der Waals surface area contributed by atoms with Crippen molar-refractivity contribution in [2.75, 3.05) is 38.8 Å². The number of amides is 1. The lowest BCUT2D eigenvalue weighted by Gasteiger charge is -2.30. The zero-order valence-corrected chi connectivity index (χ0v) is 27.0. The van der Waals surface area contributed by atoms with Crippen molar-refractivity contribution in [3.8, 4) is 5.75 Å². The molecule has 0 saturated carbocycles. The van der Waals surface area contributed by atoms with Gasteiger partial charge in [0.2, 0.25) is 5.91 Å². The number of benzene rings is 2. The molecule has 2 rings (SSSR count). The van der Waals surface area contributed by atoms with Crippen molar-refractivity contribution in [2.45, 2.75) is 78.7 Å². The molecular formula is C33H52ClN3O5. The van der Waals surface area contributed by atoms with Gasteiger partial charge in [-0.3, -0.25) is 4.79 Å². The second-order valence-electron chi connectivity index (χ2n) is 11.5. The number of halogens is 1. The minimum atomic E-state index is -0.880. The number of carbonyl (C=O) groups is 1. The summed E-state index contributed by atoms with van der Waals surface area (Å²) in [4.78, 5) is 13.4. The molecule has 0 aliphatic heterocycles. The van der Waals surface area contributed by atoms with Crippen LogP contribution in [0.25, 0.3) is 0 Å². The van der Waals surface area contributed by atoms with E-state index < -0.39 is 12.1 Å². The summed E-state index contributed by atoms with van der Waals surface area (Å²) >= 11 is 6.00. The first-order valence-corrected chi connectivity index (χ1v) is 15.5. The van der Waals surface area contributed by atoms with Crippen LogP contribution in [0.2, 0.25) is 5.02 Å². The Labute approximate surface area is 257 Å². The summed E-state index contributed by atoms with van der Waals surface area (Å²) in [6.45, 7) is 12.6. The summed E-state index contributed by atoms with van der Waals surface area (Å²) in [5.74, 6) is 0.659. The molecule has 0 radical (unpaired) electrons. The number of methoxy groups -OCH3 is 1. The molecule has 2 aromatic rings. The molecule has 42 heavy (non-hydrogen) atoms. The van der Waals surface area contributed by atoms with Crippen molar-refractivity contribution in [1.82, 2.24) is 5.32 Å². The standard InChI is InChI=1S/C33H52ClN3O5/c1-7-23(4)30(19-36-27-13-11-26(34)12-14-27)37-33(39)28(22(2)3)18-31(38)29(35)21-41-20-25-10-9-24(5)32(17-25)42-16-8-15-40-6/h9-14,17,22-23,28-31,36,38H,7-8,15-16,18-21,35H2,1-6H3,(H,37,39)/t23-,28-,29-,30+,31-/m0/s1. The number of ether oxygens (including phenoxy) is 3. The maximum absolute atomic E-state index is 13.4. The van der Waals surface area contributed by atoms with Crippen LogP contribution in [0.15, 0.2) is 42.5 Å². The van der Waals surface area contributed by atoms with Gasteiger partial charge in [-0.05, 0) is 66.6 Å². The molecule has 0 spiro atoms. The Morgan fingerprint density at radius 2 is 1.81 bits per heavy atom. The van der Waals surface area contributed by atoms with Gasteiger partial charge in [0, 0.05) is 49.4 Å². The zero-order chi connectivity index (χ0) is 31.1. The van der Waals surface area contributed by atoms with Crippen LogP contribution in [0.4, 0.5) is 5.69 Å². The van der Waals surface area contributed by atoms with Crippen LogP contribution in [-0.4, -0.2) is 62.7 Å². The van der Waals surface area contributed by atoms with Gasteiger partial charge in [-0.15, -0.1) is 0 Å². The zero-order valence-electron chi connectivity index (χ0n) is 26.2. The summed E-state index contributed by atoms with van der Waals surface area (Å²) in [6, 6.07) is 12.8. The van der Waals surface area contributed by atoms with Crippen molar-refractivity contribution in [3.05, 3.63) is 58.6 Å². The highest BCUT2D eigenvalue weighted by atomic mass is 35.5. The Hall–Kier alpha value is -2.36. The number of carbonyl (C=O) groups excluding carboxylic acids is 1. The normalized spacial score (nSPS) is 15.1. The van der Waals surface area contributed by atoms with E-state index in [-0.39, 0.29) is 42.7 Å². The highest BCUT2D eigenvalue weighted by Gasteiger charge is 2.30. The minimum Gasteiger partial charge on any atom is -0.493 e. The van der Waals surface area contributed by atoms with Crippen molar-refractivity contribution >= 4 is 23.2 Å². The predicted molar refractivity (Wildman–Crippen MR) is 171 cm³/mol. The third-order valence-corrected chi connectivity index (χ3v) is 7.99. The molecule has 236 valence electrons. The second-order valence-corrected chi connectivity index (χ2v) is 12.0. The van der Waals surface area contributed by atoms with Crippen molar-refractivity contribution in [2.24, 2.45) is 23.5 Å². The second kappa shape index (κ2) is 19.0. The number of aryl methyl sites for hydroxylation is 1. The Balaban J connectivity index is 1.89. The maximum Gasteiger partial charge on any atom is 0.223 e. The number of aliphatic hydroxyl groups excluding tert-OH is 1. The van der Waals surface area contributed by atoms with E-state index in [1.165, 1.54) is 0 Å². The van der Waals surface area contributed by atoms with Gasteiger partial charge < -0.3 is 35.7 Å². The van der Waals surface area contributed by atoms with Crippen LogP contribution in [0.5, 0.6) is 5.75 Å². The van der Waals surface area contributed by atoms with Gasteiger partial charge in [-0.1, -0.05) is 57.8 Å². The van der Waals surface area contributed by atoms with Crippen LogP contribution in [-0.2, 0) is 20.9 Å². The molecule has 5 atom stereocenters. The minimum absolute atomic E-state index is 0.0319. The summed E-state index contributed by atoms with van der Waals surface area (Å²) < 4.78 is 16.8. The van der Waals surface area contributed by atoms with Gasteiger partial charge in [0.25, 0.3) is 0 Å². The fourth-order valence-electron chi connectivity index (χ4n) is 4.58. The Morgan fingerprint density at radius 3 is 2.45 bits per heavy atom. The Bertz CT molecular complexity index is 1050. The molecule has 9 heteroatoms. The molecule has 0 bridgehead atoms. The van der Waals surface area contributed by atoms with Crippen LogP contribution >= 0.6 is 11.6 Å². The number of nitrogens with one attached hydrogen (secondary N) is 2. The van der Waals surface area contributed by atoms with E-state index >= 15 is 0 Å². The first-order chi connectivity index (χ1) is 20.0. The average molecular weight is 606 g/mol. The van der Waals surface area contributed by atoms with E-state index in [1.807, 2.05) is 63.2 Å². The van der Waals surface area contributed by atoms with Gasteiger partial charge >= 0.3 is 0 Å². The first-order valence-electron chi connectivity index (χ1n) is 15.1. The molecule has 0 aliphatic carbocycles. The monoisotopic (exact) mass is 605 g/mol. The van der Waals surface area contributed by atoms with E-state index in [0.717, 1.165) is 35.4 Å². The highest BCUT2D eigenvalue weighted by Crippen LogP contribution is 2.23. The number of anilines is 1. The van der Waals surface area contributed by atoms with Crippen LogP contribution in [0, 0.1) is 24.7 Å². The SMILES string of the molecule is CC[C@H](C)[C@@H](CNc1ccc(Cl)cc1)NC(=O)[C@@H](C[C@H](O)[C@@H](N)COCc1ccc(C)c(OCCCOC)c1)C(C)C. The molecule has 0 unspecified atom stereocenters. The molecule has 0 aliphatic rings. The van der Waals surface area contributed by atoms with Crippen molar-refractivity contribution in [3.63, 3.8) is 0 Å². The van der Waals surface area contributed by atoms with E-state index in [9.17, 15) is 9.90 Å². The fraction of sp³-hybridized carbons (Fsp3) is 0.606. The molecule has 2 aromatic carbocycles. The van der Waals surface area contributed by atoms with Crippen LogP contribution in [0.3, 0.4) is 0 Å². The van der Waals surface area contributed by atoms with E-state index in [1.54, 1.807) is 7.11 Å². The van der Waals surface area contributed by atoms with Crippen LogP contribution in [0.1, 0.15) is 58.1 Å². The summed E-state index contributed by atoms with van der Waals surface area (Å²) in [6.07, 6.45) is 1.12. The molecule has 5 N–H and O–H groups in total. The van der Waals surface area contributed by atoms with E-state index in [0.29, 0.717) is 31.4 Å². The molecule has 1 amide bonds. The largest absolute Gasteiger partial charge is 0.493 e. The van der Waals surface area contributed by atoms with Crippen molar-refractivity contribution < 1.29 is 24.1 Å². The average Bonchev–Trinajstić information content (AvgIpc) is 2.97. The summed E-state index contributed by atoms with van der Waals surface area (Å²) in [7, 11) is 1.68. The Morgan fingerprint density at radius 1 is 1.10 bits per heavy atom. The van der Waals surface area contributed by atoms with Gasteiger partial charge in [0.1, 0.15) is 5.75 Å². The fourth-order valence-corrected chi connectivity index (χ4v) is 4.71. The van der Waals surface area contributed by atoms with E-state index in [4.69, 9.17) is 31.5 Å². The van der Waals surface area contributed by atoms with Gasteiger partial charge in [-0.25, -0.2) is 0 Å². The number of hydrogen-bond donors (Lipinski definition) is 4. The van der Waals surface area contributed by atoms with Crippen molar-refractivity contribution in [1.29, 1.82) is 0 Å². The first kappa shape index (κ1) is 35.8. The van der Waals surface area contributed by atoms with Gasteiger partial charge in [0.05, 0.1) is 32.0 Å². The number of nitrogens with two attached hydrogens (primary N) is 1. The quantitative estimate of drug-likeness (QED) is 0.146. The molecule has 0 fully saturated rings. The van der Waals surface area contributed by atoms with Gasteiger partial charge in [0.15, 0.2) is 0 Å². The number of rotatable bonds is 20. The third kappa shape index (κ3) is 12.5. The molecular weight excluding hydrogens is 554 g/mol. The van der Waals surface area contributed by atoms with Crippen LogP contribution < -0.4 is 21.1 Å². The molecule has 0 heterocycles. The lowest BCUT2D eigenvalue weighted by atomic mass is 9.86. The predicted octanol–water partition coefficient (Wildman–Crippen LogP) is 5.57. The number of aliphatic hydroxyl groups is 1. The molecule has 8 nitrogen and oxygen atoms in total. The lowest BCUT2D eigenvalue weighted by molar-refractivity contribution is -0.128. The maximum atomic E-state index is 13.4. The summed E-state index contributed by atoms with van der Waals surface area (Å²) in [5, 5.41) is 18.3. The highest BCUT2D eigenvalue weighted by molar-refractivity contribution is 6.30.